The molecule has 2 heterocycles. The van der Waals surface area contributed by atoms with Crippen LogP contribution in [0.2, 0.25) is 0 Å². The molecule has 2 aliphatic heterocycles. The summed E-state index contributed by atoms with van der Waals surface area (Å²) < 4.78 is 9.70. The van der Waals surface area contributed by atoms with Crippen LogP contribution < -0.4 is 22.1 Å². The molecule has 0 aromatic heterocycles. The third-order valence-electron chi connectivity index (χ3n) is 4.40. The van der Waals surface area contributed by atoms with Crippen LogP contribution in [0.15, 0.2) is 0 Å². The molecule has 0 amide bonds. The Morgan fingerprint density at radius 2 is 1.14 bits per heavy atom. The summed E-state index contributed by atoms with van der Waals surface area (Å²) in [7, 11) is 1.53. The first-order valence-corrected chi connectivity index (χ1v) is 8.29. The number of quaternary nitrogens is 1. The Morgan fingerprint density at radius 1 is 0.750 bits per heavy atom. The first-order valence-electron chi connectivity index (χ1n) is 8.29. The van der Waals surface area contributed by atoms with E-state index >= 15 is 0 Å². The fourth-order valence-corrected chi connectivity index (χ4v) is 2.78. The molecule has 14 N–H and O–H groups in total. The minimum Gasteiger partial charge on any atom is -0.394 e. The molecule has 2 fully saturated rings. The number of hydrazine groups is 1. The molecule has 0 radical (unpaired) electrons. The van der Waals surface area contributed by atoms with Crippen LogP contribution in [-0.2, 0) is 9.47 Å². The smallest absolute Gasteiger partial charge is 0.394 e. The Kier molecular flexibility index (Phi) is 14.2. The molecule has 14 nitrogen and oxygen atoms in total. The molecule has 10 atom stereocenters. The summed E-state index contributed by atoms with van der Waals surface area (Å²) in [5, 5.41) is 76.5. The summed E-state index contributed by atoms with van der Waals surface area (Å²) in [5.41, 5.74) is 4.71. The van der Waals surface area contributed by atoms with Gasteiger partial charge in [-0.1, -0.05) is 0 Å². The van der Waals surface area contributed by atoms with E-state index in [1.807, 2.05) is 0 Å². The molecule has 2 unspecified atom stereocenters. The molecular formula is C13H31CaN4O10+3. The molecule has 0 bridgehead atoms. The number of likely N-dealkylation sites (N-methyl/N-ethyl adjacent to an activating group) is 1. The van der Waals surface area contributed by atoms with Gasteiger partial charge in [0, 0.05) is 0 Å². The van der Waals surface area contributed by atoms with E-state index in [-0.39, 0.29) is 37.7 Å². The number of rotatable bonds is 5. The van der Waals surface area contributed by atoms with Crippen molar-refractivity contribution < 1.29 is 56.2 Å². The molecule has 0 spiro atoms. The second-order valence-corrected chi connectivity index (χ2v) is 6.12. The molecule has 2 rings (SSSR count). The Balaban J connectivity index is 0.000000504. The zero-order chi connectivity index (χ0) is 20.7. The summed E-state index contributed by atoms with van der Waals surface area (Å²) in [6.07, 6.45) is -9.30. The second kappa shape index (κ2) is 13.9. The number of ether oxygens (including phenoxy) is 2. The standard InChI is InChI=1S/C7H15NO5.C6H15N3O5.Ca/c1-8-4-6(11)5(10)3(2-9)13-7(4)12;7-9-8-3-5(12)4(11)2(1-10)14-6(3)13;/h3-12H,2H2,1H3;2-6,8-13H,1,7H2;/q;;+2/p+1/t3-,4+,5-,6-,7?;2-,3+,4-,5-,6?;/m11./s1. The van der Waals surface area contributed by atoms with E-state index in [1.165, 1.54) is 7.05 Å². The zero-order valence-electron chi connectivity index (χ0n) is 15.5. The largest absolute Gasteiger partial charge is 2.00 e. The van der Waals surface area contributed by atoms with Crippen LogP contribution in [0, 0.1) is 0 Å². The molecule has 2 aliphatic rings. The maximum absolute atomic E-state index is 9.51. The van der Waals surface area contributed by atoms with Crippen molar-refractivity contribution in [3.63, 3.8) is 0 Å². The fraction of sp³-hybridized carbons (Fsp3) is 1.00. The first-order chi connectivity index (χ1) is 12.7. The van der Waals surface area contributed by atoms with Gasteiger partial charge in [0.15, 0.2) is 12.6 Å². The first kappa shape index (κ1) is 28.7. The Bertz CT molecular complexity index is 431. The van der Waals surface area contributed by atoms with Gasteiger partial charge in [0.25, 0.3) is 0 Å². The predicted molar refractivity (Wildman–Crippen MR) is 91.5 cm³/mol. The van der Waals surface area contributed by atoms with Gasteiger partial charge in [-0.05, 0) is 7.05 Å². The monoisotopic (exact) mass is 443 g/mol. The maximum Gasteiger partial charge on any atom is 2.00 e. The number of hydrogen-bond donors (Lipinski definition) is 12. The minimum atomic E-state index is -1.32. The average molecular weight is 443 g/mol. The van der Waals surface area contributed by atoms with Gasteiger partial charge in [-0.25, -0.2) is 5.43 Å². The van der Waals surface area contributed by atoms with Crippen molar-refractivity contribution in [1.29, 1.82) is 0 Å². The van der Waals surface area contributed by atoms with Crippen molar-refractivity contribution in [2.75, 3.05) is 20.3 Å². The molecule has 0 saturated carbocycles. The predicted octanol–water partition coefficient (Wildman–Crippen LogP) is -8.34. The van der Waals surface area contributed by atoms with Gasteiger partial charge < -0.3 is 55.6 Å². The quantitative estimate of drug-likeness (QED) is 0.140. The van der Waals surface area contributed by atoms with E-state index in [9.17, 15) is 30.6 Å². The molecule has 2 saturated heterocycles. The van der Waals surface area contributed by atoms with Crippen molar-refractivity contribution in [1.82, 2.24) is 16.3 Å². The Labute approximate surface area is 191 Å². The zero-order valence-corrected chi connectivity index (χ0v) is 17.7. The van der Waals surface area contributed by atoms with E-state index in [0.717, 1.165) is 0 Å². The molecule has 0 aliphatic carbocycles. The van der Waals surface area contributed by atoms with Gasteiger partial charge in [-0.15, -0.1) is 5.53 Å². The summed E-state index contributed by atoms with van der Waals surface area (Å²) in [6, 6.07) is -1.64. The van der Waals surface area contributed by atoms with Gasteiger partial charge in [0.2, 0.25) is 0 Å². The number of aliphatic hydroxyl groups excluding tert-OH is 8. The molecule has 162 valence electrons. The van der Waals surface area contributed by atoms with Gasteiger partial charge >= 0.3 is 37.7 Å². The van der Waals surface area contributed by atoms with E-state index in [2.05, 4.69) is 22.1 Å². The van der Waals surface area contributed by atoms with Crippen LogP contribution in [0.25, 0.3) is 0 Å². The molecular weight excluding hydrogens is 412 g/mol. The number of nitrogens with one attached hydrogen (secondary N) is 3. The van der Waals surface area contributed by atoms with Crippen LogP contribution in [0.5, 0.6) is 0 Å². The molecule has 28 heavy (non-hydrogen) atoms. The minimum absolute atomic E-state index is 0. The van der Waals surface area contributed by atoms with Crippen molar-refractivity contribution in [2.45, 2.75) is 61.3 Å². The van der Waals surface area contributed by atoms with Crippen LogP contribution in [0.4, 0.5) is 0 Å². The topological polar surface area (TPSA) is 244 Å². The van der Waals surface area contributed by atoms with E-state index < -0.39 is 74.5 Å². The Hall–Kier alpha value is 0.700. The van der Waals surface area contributed by atoms with Crippen LogP contribution in [0.1, 0.15) is 0 Å². The summed E-state index contributed by atoms with van der Waals surface area (Å²) in [4.78, 5) is 0. The normalized spacial score (nSPS) is 43.5. The fourth-order valence-electron chi connectivity index (χ4n) is 2.78. The van der Waals surface area contributed by atoms with Crippen molar-refractivity contribution in [3.8, 4) is 0 Å². The third kappa shape index (κ3) is 7.14. The maximum atomic E-state index is 9.51. The van der Waals surface area contributed by atoms with Crippen LogP contribution in [0.3, 0.4) is 0 Å². The molecule has 0 aromatic rings. The van der Waals surface area contributed by atoms with E-state index in [0.29, 0.717) is 0 Å². The van der Waals surface area contributed by atoms with Crippen LogP contribution >= 0.6 is 0 Å². The second-order valence-electron chi connectivity index (χ2n) is 6.12. The van der Waals surface area contributed by atoms with Gasteiger partial charge in [0.1, 0.15) is 42.7 Å². The summed E-state index contributed by atoms with van der Waals surface area (Å²) in [5.74, 6) is 3.24. The van der Waals surface area contributed by atoms with Crippen molar-refractivity contribution in [2.24, 2.45) is 0 Å². The van der Waals surface area contributed by atoms with Crippen molar-refractivity contribution >= 4 is 37.7 Å². The molecule has 0 aromatic carbocycles. The SMILES string of the molecule is CN[C@@H]1C(O)O[C@H](CO)[C@@H](O)[C@@H]1O.[Ca+2].[NH3+]NN[C@@H]1C(O)O[C@H](CO)[C@@H](O)[C@@H]1O. The molecule has 15 heteroatoms. The van der Waals surface area contributed by atoms with Gasteiger partial charge in [-0.2, -0.15) is 0 Å². The summed E-state index contributed by atoms with van der Waals surface area (Å²) in [6.45, 7) is -0.911. The summed E-state index contributed by atoms with van der Waals surface area (Å²) >= 11 is 0. The number of aliphatic hydroxyl groups is 8. The van der Waals surface area contributed by atoms with Gasteiger partial charge in [-0.3, -0.25) is 5.84 Å². The number of hydrogen-bond acceptors (Lipinski definition) is 13. The van der Waals surface area contributed by atoms with E-state index in [4.69, 9.17) is 19.7 Å². The third-order valence-corrected chi connectivity index (χ3v) is 4.40. The average Bonchev–Trinajstić information content (AvgIpc) is 2.65. The van der Waals surface area contributed by atoms with Crippen LogP contribution in [-0.4, -0.2) is 160 Å². The van der Waals surface area contributed by atoms with Gasteiger partial charge in [0.05, 0.1) is 19.3 Å². The Morgan fingerprint density at radius 3 is 1.50 bits per heavy atom. The van der Waals surface area contributed by atoms with E-state index in [1.54, 1.807) is 0 Å². The van der Waals surface area contributed by atoms with Crippen molar-refractivity contribution in [3.05, 3.63) is 0 Å².